The Morgan fingerprint density at radius 2 is 1.50 bits per heavy atom. The summed E-state index contributed by atoms with van der Waals surface area (Å²) in [5.74, 6) is -0.807. The minimum atomic E-state index is -1.62. The van der Waals surface area contributed by atoms with Crippen LogP contribution in [-0.4, -0.2) is 153 Å². The maximum Gasteiger partial charge on any atom is 0.249 e. The first-order valence-electron chi connectivity index (χ1n) is 12.5. The van der Waals surface area contributed by atoms with Gasteiger partial charge in [0.15, 0.2) is 12.6 Å². The molecule has 15 atom stereocenters. The lowest BCUT2D eigenvalue weighted by Crippen LogP contribution is -2.69. The Bertz CT molecular complexity index is 770. The number of hydrogen-bond donors (Lipinski definition) is 12. The van der Waals surface area contributed by atoms with Gasteiger partial charge < -0.3 is 82.9 Å². The molecule has 1 aliphatic carbocycles. The zero-order valence-electron chi connectivity index (χ0n) is 20.7. The first-order valence-corrected chi connectivity index (χ1v) is 12.5. The van der Waals surface area contributed by atoms with E-state index in [0.717, 1.165) is 0 Å². The van der Waals surface area contributed by atoms with Crippen LogP contribution in [0.3, 0.4) is 0 Å². The number of nitrogens with one attached hydrogen (secondary N) is 1. The van der Waals surface area contributed by atoms with E-state index in [9.17, 15) is 40.5 Å². The lowest BCUT2D eigenvalue weighted by atomic mass is 9.83. The van der Waals surface area contributed by atoms with Crippen molar-refractivity contribution in [1.29, 1.82) is 0 Å². The van der Waals surface area contributed by atoms with Crippen molar-refractivity contribution in [2.45, 2.75) is 105 Å². The summed E-state index contributed by atoms with van der Waals surface area (Å²) in [6.07, 6.45) is -16.9. The van der Waals surface area contributed by atoms with Crippen molar-refractivity contribution in [2.75, 3.05) is 19.7 Å². The van der Waals surface area contributed by atoms with Gasteiger partial charge in [-0.25, -0.2) is 0 Å². The van der Waals surface area contributed by atoms with Crippen LogP contribution in [0.5, 0.6) is 0 Å². The van der Waals surface area contributed by atoms with Crippen LogP contribution in [-0.2, 0) is 23.7 Å². The molecule has 38 heavy (non-hydrogen) atoms. The van der Waals surface area contributed by atoms with Gasteiger partial charge in [-0.15, -0.1) is 0 Å². The maximum atomic E-state index is 12.4. The summed E-state index contributed by atoms with van der Waals surface area (Å²) >= 11 is 0. The van der Waals surface area contributed by atoms with Crippen molar-refractivity contribution >= 4 is 5.91 Å². The molecule has 2 heterocycles. The lowest BCUT2D eigenvalue weighted by molar-refractivity contribution is -0.307. The molecule has 0 aromatic heterocycles. The van der Waals surface area contributed by atoms with E-state index in [0.29, 0.717) is 0 Å². The molecule has 0 aromatic rings. The van der Waals surface area contributed by atoms with Gasteiger partial charge in [-0.05, 0) is 19.4 Å². The van der Waals surface area contributed by atoms with Crippen LogP contribution in [0.25, 0.3) is 0 Å². The molecule has 17 nitrogen and oxygen atoms in total. The second-order valence-corrected chi connectivity index (χ2v) is 9.84. The third-order valence-corrected chi connectivity index (χ3v) is 7.15. The van der Waals surface area contributed by atoms with Crippen molar-refractivity contribution < 1.29 is 59.5 Å². The number of carbonyl (C=O) groups excluding carboxylic acids is 1. The molecule has 0 aromatic carbocycles. The minimum Gasteiger partial charge on any atom is -0.394 e. The summed E-state index contributed by atoms with van der Waals surface area (Å²) in [6.45, 7) is -0.764. The normalized spacial score (nSPS) is 46.6. The van der Waals surface area contributed by atoms with Crippen molar-refractivity contribution in [3.8, 4) is 0 Å². The lowest BCUT2D eigenvalue weighted by Gasteiger charge is -2.48. The van der Waals surface area contributed by atoms with Crippen molar-refractivity contribution in [3.05, 3.63) is 0 Å². The van der Waals surface area contributed by atoms with Gasteiger partial charge in [0.1, 0.15) is 61.0 Å². The minimum absolute atomic E-state index is 0.0255. The highest BCUT2D eigenvalue weighted by Crippen LogP contribution is 2.32. The molecule has 222 valence electrons. The Morgan fingerprint density at radius 1 is 0.895 bits per heavy atom. The van der Waals surface area contributed by atoms with Crippen LogP contribution in [0.2, 0.25) is 0 Å². The Labute approximate surface area is 218 Å². The second-order valence-electron chi connectivity index (χ2n) is 9.84. The molecule has 3 fully saturated rings. The van der Waals surface area contributed by atoms with Crippen LogP contribution in [0, 0.1) is 0 Å². The van der Waals surface area contributed by atoms with E-state index in [2.05, 4.69) is 5.32 Å². The van der Waals surface area contributed by atoms with E-state index in [1.165, 1.54) is 0 Å². The highest BCUT2D eigenvalue weighted by Gasteiger charge is 2.53. The van der Waals surface area contributed by atoms with Crippen molar-refractivity contribution in [2.24, 2.45) is 22.9 Å². The van der Waals surface area contributed by atoms with Gasteiger partial charge in [0, 0.05) is 12.6 Å². The van der Waals surface area contributed by atoms with E-state index in [4.69, 9.17) is 41.9 Å². The maximum absolute atomic E-state index is 12.4. The van der Waals surface area contributed by atoms with E-state index in [1.54, 1.807) is 0 Å². The average molecular weight is 556 g/mol. The number of aliphatic hydroxyl groups is 7. The molecule has 2 aliphatic heterocycles. The molecule has 2 saturated heterocycles. The van der Waals surface area contributed by atoms with Crippen LogP contribution in [0.1, 0.15) is 12.8 Å². The summed E-state index contributed by atoms with van der Waals surface area (Å²) in [4.78, 5) is 12.4. The quantitative estimate of drug-likeness (QED) is 0.119. The number of carbonyl (C=O) groups is 1. The number of nitrogens with two attached hydrogens (primary N) is 4. The summed E-state index contributed by atoms with van der Waals surface area (Å²) in [6, 6.07) is -3.29. The summed E-state index contributed by atoms with van der Waals surface area (Å²) in [5.41, 5.74) is 23.3. The molecule has 0 bridgehead atoms. The fourth-order valence-corrected chi connectivity index (χ4v) is 4.84. The summed E-state index contributed by atoms with van der Waals surface area (Å²) < 4.78 is 22.7. The van der Waals surface area contributed by atoms with E-state index >= 15 is 0 Å². The predicted octanol–water partition coefficient (Wildman–Crippen LogP) is -7.79. The third-order valence-electron chi connectivity index (χ3n) is 7.15. The molecular formula is C21H41N5O12. The number of hydrogen-bond acceptors (Lipinski definition) is 16. The molecule has 0 unspecified atom stereocenters. The fraction of sp³-hybridized carbons (Fsp3) is 0.952. The molecular weight excluding hydrogens is 514 g/mol. The topological polar surface area (TPSA) is 312 Å². The zero-order valence-corrected chi connectivity index (χ0v) is 20.7. The first-order chi connectivity index (χ1) is 17.9. The Hall–Kier alpha value is -1.13. The highest BCUT2D eigenvalue weighted by atomic mass is 16.7. The van der Waals surface area contributed by atoms with E-state index in [1.807, 2.05) is 0 Å². The largest absolute Gasteiger partial charge is 0.394 e. The average Bonchev–Trinajstić information content (AvgIpc) is 3.16. The van der Waals surface area contributed by atoms with Gasteiger partial charge in [0.2, 0.25) is 5.91 Å². The number of amides is 1. The second kappa shape index (κ2) is 13.5. The molecule has 3 rings (SSSR count). The van der Waals surface area contributed by atoms with Gasteiger partial charge >= 0.3 is 0 Å². The van der Waals surface area contributed by atoms with Gasteiger partial charge in [-0.3, -0.25) is 4.79 Å². The van der Waals surface area contributed by atoms with E-state index < -0.39 is 104 Å². The summed E-state index contributed by atoms with van der Waals surface area (Å²) in [7, 11) is 0. The monoisotopic (exact) mass is 555 g/mol. The van der Waals surface area contributed by atoms with Gasteiger partial charge in [-0.1, -0.05) is 0 Å². The summed E-state index contributed by atoms with van der Waals surface area (Å²) in [5, 5.41) is 74.0. The molecule has 0 spiro atoms. The fourth-order valence-electron chi connectivity index (χ4n) is 4.84. The standard InChI is InChI=1S/C21H41N5O12/c22-2-1-8(28)19(34)26-7-3-6(24)17(37-20-11(25)15(32)13(30)9(4-23)35-20)18(12(7)29)38-21-16(33)14(31)10(5-27)36-21/h6-18,20-21,27-33H,1-5,22-25H2,(H,26,34)/t6-,7+,8+,9+,10-,11-,12-,13-,14+,15+,16-,17+,18+,20+,21+/m0/s1. The number of aliphatic hydroxyl groups excluding tert-OH is 7. The SMILES string of the molecule is NCC[C@@H](O)C(=O)N[C@@H]1C[C@H](N)[C@@H](O[C@H]2O[C@H](CN)[C@H](O)[C@H](O)[C@@H]2N)[C@H](O[C@H]2O[C@@H](CO)[C@@H](O)[C@@H]2O)[C@H]1O. The molecule has 0 radical (unpaired) electrons. The van der Waals surface area contributed by atoms with Crippen LogP contribution in [0.4, 0.5) is 0 Å². The Morgan fingerprint density at radius 3 is 2.08 bits per heavy atom. The molecule has 16 N–H and O–H groups in total. The molecule has 3 aliphatic rings. The smallest absolute Gasteiger partial charge is 0.249 e. The number of ether oxygens (including phenoxy) is 4. The molecule has 1 saturated carbocycles. The van der Waals surface area contributed by atoms with Crippen molar-refractivity contribution in [3.63, 3.8) is 0 Å². The van der Waals surface area contributed by atoms with Crippen LogP contribution < -0.4 is 28.3 Å². The van der Waals surface area contributed by atoms with Gasteiger partial charge in [0.05, 0.1) is 18.7 Å². The van der Waals surface area contributed by atoms with Crippen LogP contribution in [0.15, 0.2) is 0 Å². The first kappa shape index (κ1) is 31.4. The zero-order chi connectivity index (χ0) is 28.3. The predicted molar refractivity (Wildman–Crippen MR) is 125 cm³/mol. The van der Waals surface area contributed by atoms with Gasteiger partial charge in [0.25, 0.3) is 0 Å². The molecule has 1 amide bonds. The van der Waals surface area contributed by atoms with Gasteiger partial charge in [-0.2, -0.15) is 0 Å². The Kier molecular flexibility index (Phi) is 11.1. The van der Waals surface area contributed by atoms with E-state index in [-0.39, 0.29) is 25.9 Å². The molecule has 17 heteroatoms. The third kappa shape index (κ3) is 6.60. The highest BCUT2D eigenvalue weighted by molar-refractivity contribution is 5.80. The number of rotatable bonds is 10. The van der Waals surface area contributed by atoms with Crippen molar-refractivity contribution in [1.82, 2.24) is 5.32 Å². The van der Waals surface area contributed by atoms with Crippen LogP contribution >= 0.6 is 0 Å². The Balaban J connectivity index is 1.84.